The quantitative estimate of drug-likeness (QED) is 0.835. The Morgan fingerprint density at radius 2 is 2.11 bits per heavy atom. The first-order valence-electron chi connectivity index (χ1n) is 7.03. The Hall–Kier alpha value is -0.580. The predicted octanol–water partition coefficient (Wildman–Crippen LogP) is 3.06. The van der Waals surface area contributed by atoms with Crippen LogP contribution in [0, 0.1) is 0 Å². The molecule has 1 heterocycles. The van der Waals surface area contributed by atoms with Gasteiger partial charge in [0.25, 0.3) is 0 Å². The van der Waals surface area contributed by atoms with Crippen LogP contribution < -0.4 is 4.74 Å². The zero-order chi connectivity index (χ0) is 13.5. The fraction of sp³-hybridized carbons (Fsp3) is 0.600. The van der Waals surface area contributed by atoms with Crippen LogP contribution in [0.25, 0.3) is 0 Å². The second-order valence-electron chi connectivity index (χ2n) is 5.00. The maximum absolute atomic E-state index is 8.91. The minimum absolute atomic E-state index is 0.305. The number of nitrogens with zero attached hydrogens (tertiary/aromatic N) is 1. The van der Waals surface area contributed by atoms with E-state index in [0.717, 1.165) is 36.2 Å². The molecule has 1 aromatic rings. The third-order valence-corrected chi connectivity index (χ3v) is 4.18. The van der Waals surface area contributed by atoms with Gasteiger partial charge in [0.1, 0.15) is 12.4 Å². The van der Waals surface area contributed by atoms with Crippen molar-refractivity contribution >= 4 is 15.9 Å². The Labute approximate surface area is 123 Å². The Balaban J connectivity index is 1.71. The SMILES string of the molecule is OCCCC1CCCN1CCOc1ccc(Br)cc1. The number of aliphatic hydroxyl groups excluding tert-OH is 1. The van der Waals surface area contributed by atoms with E-state index in [1.165, 1.54) is 19.4 Å². The highest BCUT2D eigenvalue weighted by Crippen LogP contribution is 2.21. The molecule has 1 unspecified atom stereocenters. The maximum atomic E-state index is 8.91. The Morgan fingerprint density at radius 3 is 2.84 bits per heavy atom. The van der Waals surface area contributed by atoms with Gasteiger partial charge in [0.05, 0.1) is 0 Å². The summed E-state index contributed by atoms with van der Waals surface area (Å²) >= 11 is 3.42. The monoisotopic (exact) mass is 327 g/mol. The molecule has 19 heavy (non-hydrogen) atoms. The second-order valence-corrected chi connectivity index (χ2v) is 5.92. The third kappa shape index (κ3) is 4.79. The molecule has 1 aliphatic heterocycles. The number of hydrogen-bond donors (Lipinski definition) is 1. The van der Waals surface area contributed by atoms with Gasteiger partial charge in [0, 0.05) is 23.7 Å². The van der Waals surface area contributed by atoms with Gasteiger partial charge >= 0.3 is 0 Å². The highest BCUT2D eigenvalue weighted by molar-refractivity contribution is 9.10. The second kappa shape index (κ2) is 7.88. The summed E-state index contributed by atoms with van der Waals surface area (Å²) in [5, 5.41) is 8.91. The van der Waals surface area contributed by atoms with Crippen LogP contribution in [0.15, 0.2) is 28.7 Å². The van der Waals surface area contributed by atoms with Gasteiger partial charge in [-0.05, 0) is 56.5 Å². The molecule has 1 saturated heterocycles. The van der Waals surface area contributed by atoms with E-state index in [2.05, 4.69) is 20.8 Å². The van der Waals surface area contributed by atoms with Crippen LogP contribution in [0.2, 0.25) is 0 Å². The Morgan fingerprint density at radius 1 is 1.32 bits per heavy atom. The molecule has 1 atom stereocenters. The van der Waals surface area contributed by atoms with E-state index in [0.29, 0.717) is 12.6 Å². The lowest BCUT2D eigenvalue weighted by Crippen LogP contribution is -2.33. The van der Waals surface area contributed by atoms with Crippen molar-refractivity contribution < 1.29 is 9.84 Å². The van der Waals surface area contributed by atoms with Crippen LogP contribution in [0.1, 0.15) is 25.7 Å². The molecule has 106 valence electrons. The number of likely N-dealkylation sites (tertiary alicyclic amines) is 1. The van der Waals surface area contributed by atoms with Gasteiger partial charge in [-0.15, -0.1) is 0 Å². The minimum atomic E-state index is 0.305. The molecule has 1 fully saturated rings. The molecule has 1 aromatic carbocycles. The average molecular weight is 328 g/mol. The molecule has 4 heteroatoms. The van der Waals surface area contributed by atoms with Gasteiger partial charge in [-0.2, -0.15) is 0 Å². The average Bonchev–Trinajstić information content (AvgIpc) is 2.86. The molecule has 1 N–H and O–H groups in total. The van der Waals surface area contributed by atoms with E-state index in [1.54, 1.807) is 0 Å². The maximum Gasteiger partial charge on any atom is 0.119 e. The van der Waals surface area contributed by atoms with Crippen molar-refractivity contribution in [3.8, 4) is 5.75 Å². The van der Waals surface area contributed by atoms with Crippen molar-refractivity contribution in [1.29, 1.82) is 0 Å². The summed E-state index contributed by atoms with van der Waals surface area (Å²) in [4.78, 5) is 2.49. The van der Waals surface area contributed by atoms with E-state index in [4.69, 9.17) is 9.84 Å². The summed E-state index contributed by atoms with van der Waals surface area (Å²) in [5.41, 5.74) is 0. The summed E-state index contributed by atoms with van der Waals surface area (Å²) in [6, 6.07) is 8.60. The van der Waals surface area contributed by atoms with Crippen LogP contribution >= 0.6 is 15.9 Å². The zero-order valence-electron chi connectivity index (χ0n) is 11.2. The molecule has 1 aliphatic rings. The summed E-state index contributed by atoms with van der Waals surface area (Å²) in [6.45, 7) is 3.18. The Kier molecular flexibility index (Phi) is 6.14. The van der Waals surface area contributed by atoms with E-state index in [-0.39, 0.29) is 0 Å². The van der Waals surface area contributed by atoms with Crippen molar-refractivity contribution in [3.63, 3.8) is 0 Å². The molecule has 0 saturated carbocycles. The fourth-order valence-corrected chi connectivity index (χ4v) is 2.92. The van der Waals surface area contributed by atoms with Crippen LogP contribution in [0.5, 0.6) is 5.75 Å². The number of aliphatic hydroxyl groups is 1. The molecular weight excluding hydrogens is 306 g/mol. The van der Waals surface area contributed by atoms with E-state index < -0.39 is 0 Å². The van der Waals surface area contributed by atoms with Crippen molar-refractivity contribution in [3.05, 3.63) is 28.7 Å². The van der Waals surface area contributed by atoms with E-state index >= 15 is 0 Å². The number of halogens is 1. The van der Waals surface area contributed by atoms with Gasteiger partial charge in [0.15, 0.2) is 0 Å². The Bertz CT molecular complexity index is 369. The lowest BCUT2D eigenvalue weighted by molar-refractivity contribution is 0.180. The van der Waals surface area contributed by atoms with Gasteiger partial charge in [-0.25, -0.2) is 0 Å². The smallest absolute Gasteiger partial charge is 0.119 e. The lowest BCUT2D eigenvalue weighted by Gasteiger charge is -2.24. The molecule has 0 radical (unpaired) electrons. The first-order chi connectivity index (χ1) is 9.29. The molecular formula is C15H22BrNO2. The van der Waals surface area contributed by atoms with Crippen LogP contribution in [0.3, 0.4) is 0 Å². The van der Waals surface area contributed by atoms with Crippen molar-refractivity contribution in [1.82, 2.24) is 4.90 Å². The predicted molar refractivity (Wildman–Crippen MR) is 80.6 cm³/mol. The topological polar surface area (TPSA) is 32.7 Å². The highest BCUT2D eigenvalue weighted by Gasteiger charge is 2.23. The number of ether oxygens (including phenoxy) is 1. The van der Waals surface area contributed by atoms with Crippen molar-refractivity contribution in [2.45, 2.75) is 31.7 Å². The molecule has 3 nitrogen and oxygen atoms in total. The first-order valence-corrected chi connectivity index (χ1v) is 7.82. The van der Waals surface area contributed by atoms with Gasteiger partial charge in [0.2, 0.25) is 0 Å². The zero-order valence-corrected chi connectivity index (χ0v) is 12.8. The highest BCUT2D eigenvalue weighted by atomic mass is 79.9. The molecule has 0 aliphatic carbocycles. The summed E-state index contributed by atoms with van der Waals surface area (Å²) in [6.07, 6.45) is 4.55. The van der Waals surface area contributed by atoms with Gasteiger partial charge in [-0.1, -0.05) is 15.9 Å². The molecule has 2 rings (SSSR count). The molecule has 0 spiro atoms. The summed E-state index contributed by atoms with van der Waals surface area (Å²) < 4.78 is 6.84. The summed E-state index contributed by atoms with van der Waals surface area (Å²) in [5.74, 6) is 0.925. The van der Waals surface area contributed by atoms with Crippen molar-refractivity contribution in [2.75, 3.05) is 26.3 Å². The molecule has 0 aromatic heterocycles. The largest absolute Gasteiger partial charge is 0.492 e. The molecule has 0 amide bonds. The van der Waals surface area contributed by atoms with Crippen LogP contribution in [-0.2, 0) is 0 Å². The van der Waals surface area contributed by atoms with Crippen LogP contribution in [0.4, 0.5) is 0 Å². The van der Waals surface area contributed by atoms with Gasteiger partial charge in [-0.3, -0.25) is 4.90 Å². The van der Waals surface area contributed by atoms with Gasteiger partial charge < -0.3 is 9.84 Å². The minimum Gasteiger partial charge on any atom is -0.492 e. The first kappa shape index (κ1) is 14.8. The molecule has 0 bridgehead atoms. The van der Waals surface area contributed by atoms with E-state index in [1.807, 2.05) is 24.3 Å². The van der Waals surface area contributed by atoms with Crippen LogP contribution in [-0.4, -0.2) is 42.4 Å². The standard InChI is InChI=1S/C15H22BrNO2/c16-13-5-7-15(8-6-13)19-12-10-17-9-1-3-14(17)4-2-11-18/h5-8,14,18H,1-4,9-12H2. The number of benzene rings is 1. The summed E-state index contributed by atoms with van der Waals surface area (Å²) in [7, 11) is 0. The number of hydrogen-bond acceptors (Lipinski definition) is 3. The lowest BCUT2D eigenvalue weighted by atomic mass is 10.1. The third-order valence-electron chi connectivity index (χ3n) is 3.66. The fourth-order valence-electron chi connectivity index (χ4n) is 2.65. The number of rotatable bonds is 7. The van der Waals surface area contributed by atoms with Crippen molar-refractivity contribution in [2.24, 2.45) is 0 Å². The normalized spacial score (nSPS) is 19.8. The van der Waals surface area contributed by atoms with E-state index in [9.17, 15) is 0 Å².